The van der Waals surface area contributed by atoms with Gasteiger partial charge in [-0.15, -0.1) is 0 Å². The molecule has 0 aliphatic heterocycles. The minimum atomic E-state index is -0.832. The van der Waals surface area contributed by atoms with Crippen molar-refractivity contribution in [2.75, 3.05) is 13.7 Å². The standard InChI is InChI=1S/C18H17F2NO3/c1-23-16-5-3-2-4-12(16)13-9-15(13)21-18(22)10-24-17-7-6-11(19)8-14(17)20/h2-8,13,15H,9-10H2,1H3,(H,21,22)/t13-,15-/m0/s1. The lowest BCUT2D eigenvalue weighted by atomic mass is 10.1. The normalized spacial score (nSPS) is 18.8. The van der Waals surface area contributed by atoms with Crippen molar-refractivity contribution in [1.29, 1.82) is 0 Å². The number of ether oxygens (including phenoxy) is 2. The summed E-state index contributed by atoms with van der Waals surface area (Å²) in [6, 6.07) is 10.6. The van der Waals surface area contributed by atoms with E-state index in [1.807, 2.05) is 24.3 Å². The summed E-state index contributed by atoms with van der Waals surface area (Å²) in [5, 5.41) is 2.84. The molecule has 1 fully saturated rings. The summed E-state index contributed by atoms with van der Waals surface area (Å²) in [7, 11) is 1.61. The van der Waals surface area contributed by atoms with Gasteiger partial charge in [0.25, 0.3) is 5.91 Å². The lowest BCUT2D eigenvalue weighted by molar-refractivity contribution is -0.123. The van der Waals surface area contributed by atoms with E-state index in [0.717, 1.165) is 29.9 Å². The maximum Gasteiger partial charge on any atom is 0.258 e. The first-order valence-corrected chi connectivity index (χ1v) is 7.58. The topological polar surface area (TPSA) is 47.6 Å². The molecule has 4 nitrogen and oxygen atoms in total. The van der Waals surface area contributed by atoms with Gasteiger partial charge in [-0.3, -0.25) is 4.79 Å². The van der Waals surface area contributed by atoms with Crippen LogP contribution in [0.5, 0.6) is 11.5 Å². The van der Waals surface area contributed by atoms with Crippen LogP contribution in [0.1, 0.15) is 17.9 Å². The first-order chi connectivity index (χ1) is 11.6. The fourth-order valence-electron chi connectivity index (χ4n) is 2.65. The molecule has 0 saturated heterocycles. The molecule has 2 aromatic rings. The Morgan fingerprint density at radius 2 is 2.00 bits per heavy atom. The van der Waals surface area contributed by atoms with Gasteiger partial charge in [0.1, 0.15) is 11.6 Å². The molecule has 0 unspecified atom stereocenters. The van der Waals surface area contributed by atoms with E-state index in [-0.39, 0.29) is 30.2 Å². The van der Waals surface area contributed by atoms with E-state index in [1.54, 1.807) is 7.11 Å². The largest absolute Gasteiger partial charge is 0.496 e. The van der Waals surface area contributed by atoms with Gasteiger partial charge in [-0.1, -0.05) is 18.2 Å². The van der Waals surface area contributed by atoms with Crippen LogP contribution in [0, 0.1) is 11.6 Å². The molecule has 1 N–H and O–H groups in total. The van der Waals surface area contributed by atoms with Crippen LogP contribution in [0.2, 0.25) is 0 Å². The molecule has 0 aromatic heterocycles. The second kappa shape index (κ2) is 6.86. The molecule has 0 radical (unpaired) electrons. The van der Waals surface area contributed by atoms with E-state index in [4.69, 9.17) is 9.47 Å². The zero-order valence-electron chi connectivity index (χ0n) is 13.1. The third-order valence-electron chi connectivity index (χ3n) is 3.93. The Labute approximate surface area is 138 Å². The molecule has 0 spiro atoms. The first-order valence-electron chi connectivity index (χ1n) is 7.58. The van der Waals surface area contributed by atoms with E-state index >= 15 is 0 Å². The number of para-hydroxylation sites is 1. The average molecular weight is 333 g/mol. The third-order valence-corrected chi connectivity index (χ3v) is 3.93. The zero-order valence-corrected chi connectivity index (χ0v) is 13.1. The second-order valence-corrected chi connectivity index (χ2v) is 5.62. The summed E-state index contributed by atoms with van der Waals surface area (Å²) in [4.78, 5) is 11.9. The van der Waals surface area contributed by atoms with Crippen LogP contribution < -0.4 is 14.8 Å². The molecular formula is C18H17F2NO3. The highest BCUT2D eigenvalue weighted by atomic mass is 19.1. The van der Waals surface area contributed by atoms with Crippen molar-refractivity contribution in [3.05, 3.63) is 59.7 Å². The molecule has 1 aliphatic rings. The molecule has 0 bridgehead atoms. The van der Waals surface area contributed by atoms with Gasteiger partial charge in [0.15, 0.2) is 18.2 Å². The number of amides is 1. The summed E-state index contributed by atoms with van der Waals surface area (Å²) in [6.45, 7) is -0.322. The van der Waals surface area contributed by atoms with E-state index in [9.17, 15) is 13.6 Å². The summed E-state index contributed by atoms with van der Waals surface area (Å²) in [6.07, 6.45) is 0.816. The number of nitrogens with one attached hydrogen (secondary N) is 1. The van der Waals surface area contributed by atoms with Crippen LogP contribution in [0.3, 0.4) is 0 Å². The van der Waals surface area contributed by atoms with Crippen LogP contribution in [-0.4, -0.2) is 25.7 Å². The molecule has 126 valence electrons. The molecule has 3 rings (SSSR count). The Hall–Kier alpha value is -2.63. The summed E-state index contributed by atoms with van der Waals surface area (Å²) < 4.78 is 36.6. The Kier molecular flexibility index (Phi) is 4.64. The SMILES string of the molecule is COc1ccccc1[C@@H]1C[C@@H]1NC(=O)COc1ccc(F)cc1F. The van der Waals surface area contributed by atoms with Gasteiger partial charge in [0.05, 0.1) is 7.11 Å². The van der Waals surface area contributed by atoms with Crippen molar-refractivity contribution in [3.63, 3.8) is 0 Å². The van der Waals surface area contributed by atoms with Crippen molar-refractivity contribution in [3.8, 4) is 11.5 Å². The highest BCUT2D eigenvalue weighted by molar-refractivity contribution is 5.78. The predicted molar refractivity (Wildman–Crippen MR) is 84.1 cm³/mol. The first kappa shape index (κ1) is 16.2. The molecule has 1 saturated carbocycles. The fourth-order valence-corrected chi connectivity index (χ4v) is 2.65. The average Bonchev–Trinajstić information content (AvgIpc) is 3.33. The monoisotopic (exact) mass is 333 g/mol. The fraction of sp³-hybridized carbons (Fsp3) is 0.278. The Morgan fingerprint density at radius 3 is 2.75 bits per heavy atom. The van der Waals surface area contributed by atoms with Gasteiger partial charge in [0, 0.05) is 18.0 Å². The van der Waals surface area contributed by atoms with Gasteiger partial charge in [0.2, 0.25) is 0 Å². The number of halogens is 2. The molecule has 0 heterocycles. The molecule has 24 heavy (non-hydrogen) atoms. The van der Waals surface area contributed by atoms with Crippen LogP contribution in [-0.2, 0) is 4.79 Å². The number of carbonyl (C=O) groups is 1. The Balaban J connectivity index is 1.52. The number of hydrogen-bond donors (Lipinski definition) is 1. The van der Waals surface area contributed by atoms with Crippen LogP contribution in [0.25, 0.3) is 0 Å². The van der Waals surface area contributed by atoms with E-state index < -0.39 is 11.6 Å². The van der Waals surface area contributed by atoms with Crippen molar-refractivity contribution in [1.82, 2.24) is 5.32 Å². The van der Waals surface area contributed by atoms with Crippen LogP contribution in [0.4, 0.5) is 8.78 Å². The third kappa shape index (κ3) is 3.64. The molecule has 2 aromatic carbocycles. The van der Waals surface area contributed by atoms with Crippen molar-refractivity contribution >= 4 is 5.91 Å². The number of rotatable bonds is 6. The maximum absolute atomic E-state index is 13.4. The van der Waals surface area contributed by atoms with Gasteiger partial charge in [-0.2, -0.15) is 0 Å². The lowest BCUT2D eigenvalue weighted by Gasteiger charge is -2.10. The van der Waals surface area contributed by atoms with Gasteiger partial charge in [-0.25, -0.2) is 8.78 Å². The molecule has 1 amide bonds. The van der Waals surface area contributed by atoms with Crippen molar-refractivity contribution in [2.45, 2.75) is 18.4 Å². The highest BCUT2D eigenvalue weighted by Gasteiger charge is 2.41. The number of benzene rings is 2. The lowest BCUT2D eigenvalue weighted by Crippen LogP contribution is -2.31. The molecule has 6 heteroatoms. The number of methoxy groups -OCH3 is 1. The van der Waals surface area contributed by atoms with Crippen LogP contribution >= 0.6 is 0 Å². The molecule has 1 aliphatic carbocycles. The summed E-state index contributed by atoms with van der Waals surface area (Å²) in [5.74, 6) is -1.02. The van der Waals surface area contributed by atoms with Gasteiger partial charge >= 0.3 is 0 Å². The highest BCUT2D eigenvalue weighted by Crippen LogP contribution is 2.44. The van der Waals surface area contributed by atoms with Crippen molar-refractivity contribution in [2.24, 2.45) is 0 Å². The van der Waals surface area contributed by atoms with Crippen molar-refractivity contribution < 1.29 is 23.0 Å². The minimum absolute atomic E-state index is 0.00969. The molecular weight excluding hydrogens is 316 g/mol. The Bertz CT molecular complexity index is 751. The van der Waals surface area contributed by atoms with Gasteiger partial charge < -0.3 is 14.8 Å². The maximum atomic E-state index is 13.4. The predicted octanol–water partition coefficient (Wildman–Crippen LogP) is 3.02. The zero-order chi connectivity index (χ0) is 17.1. The number of carbonyl (C=O) groups excluding carboxylic acids is 1. The quantitative estimate of drug-likeness (QED) is 0.884. The van der Waals surface area contributed by atoms with E-state index in [0.29, 0.717) is 6.07 Å². The van der Waals surface area contributed by atoms with E-state index in [2.05, 4.69) is 5.32 Å². The summed E-state index contributed by atoms with van der Waals surface area (Å²) in [5.41, 5.74) is 1.05. The number of hydrogen-bond acceptors (Lipinski definition) is 3. The van der Waals surface area contributed by atoms with E-state index in [1.165, 1.54) is 0 Å². The van der Waals surface area contributed by atoms with Gasteiger partial charge in [-0.05, 0) is 30.2 Å². The molecule has 2 atom stereocenters. The summed E-state index contributed by atoms with van der Waals surface area (Å²) >= 11 is 0. The van der Waals surface area contributed by atoms with Crippen LogP contribution in [0.15, 0.2) is 42.5 Å². The Morgan fingerprint density at radius 1 is 1.21 bits per heavy atom. The minimum Gasteiger partial charge on any atom is -0.496 e. The smallest absolute Gasteiger partial charge is 0.258 e. The second-order valence-electron chi connectivity index (χ2n) is 5.62.